The van der Waals surface area contributed by atoms with Crippen molar-refractivity contribution in [3.63, 3.8) is 0 Å². The number of amides is 2. The first-order valence-electron chi connectivity index (χ1n) is 13.7. The summed E-state index contributed by atoms with van der Waals surface area (Å²) in [7, 11) is -3.39. The highest BCUT2D eigenvalue weighted by atomic mass is 35.5. The molecule has 0 saturated carbocycles. The van der Waals surface area contributed by atoms with Crippen molar-refractivity contribution in [3.8, 4) is 5.75 Å². The minimum Gasteiger partial charge on any atom is -0.495 e. The number of anilines is 1. The number of hydrogen-bond donors (Lipinski definition) is 1. The number of nitrogens with one attached hydrogen (secondary N) is 1. The quantitative estimate of drug-likeness (QED) is 0.198. The number of rotatable bonds is 13. The normalized spacial score (nSPS) is 12.6. The first-order chi connectivity index (χ1) is 20.7. The fourth-order valence-corrected chi connectivity index (χ4v) is 5.91. The van der Waals surface area contributed by atoms with Gasteiger partial charge in [-0.05, 0) is 57.5 Å². The Bertz CT molecular complexity index is 1650. The molecule has 236 valence electrons. The number of nitrogens with zero attached hydrogens (tertiary/aromatic N) is 3. The summed E-state index contributed by atoms with van der Waals surface area (Å²) in [5.41, 5.74) is -0.229. The van der Waals surface area contributed by atoms with Crippen LogP contribution in [0.2, 0.25) is 5.02 Å². The third kappa shape index (κ3) is 7.83. The van der Waals surface area contributed by atoms with Crippen LogP contribution in [-0.2, 0) is 26.2 Å². The predicted molar refractivity (Wildman–Crippen MR) is 165 cm³/mol. The Morgan fingerprint density at radius 1 is 1.11 bits per heavy atom. The van der Waals surface area contributed by atoms with Crippen LogP contribution in [0.1, 0.15) is 38.3 Å². The lowest BCUT2D eigenvalue weighted by Crippen LogP contribution is -2.52. The van der Waals surface area contributed by atoms with E-state index in [4.69, 9.17) is 16.3 Å². The van der Waals surface area contributed by atoms with Crippen molar-refractivity contribution in [3.05, 3.63) is 92.7 Å². The Labute approximate surface area is 260 Å². The van der Waals surface area contributed by atoms with Gasteiger partial charge >= 0.3 is 0 Å². The number of aryl methyl sites for hydroxylation is 1. The Morgan fingerprint density at radius 3 is 2.41 bits per heavy atom. The number of sulfonamides is 1. The molecule has 0 aromatic heterocycles. The van der Waals surface area contributed by atoms with Gasteiger partial charge in [0, 0.05) is 34.8 Å². The molecule has 14 heteroatoms. The zero-order valence-electron chi connectivity index (χ0n) is 24.9. The maximum Gasteiger partial charge on any atom is 0.273 e. The number of carbonyl (C=O) groups is 2. The van der Waals surface area contributed by atoms with Crippen LogP contribution < -0.4 is 14.4 Å². The van der Waals surface area contributed by atoms with Gasteiger partial charge in [-0.1, -0.05) is 42.8 Å². The second kappa shape index (κ2) is 14.5. The summed E-state index contributed by atoms with van der Waals surface area (Å²) in [5.74, 6) is -1.95. The Balaban J connectivity index is 2.17. The van der Waals surface area contributed by atoms with Crippen molar-refractivity contribution < 1.29 is 32.1 Å². The zero-order valence-corrected chi connectivity index (χ0v) is 26.5. The molecule has 0 aliphatic heterocycles. The lowest BCUT2D eigenvalue weighted by molar-refractivity contribution is -0.385. The molecule has 0 aliphatic carbocycles. The fraction of sp³-hybridized carbons (Fsp3) is 0.333. The molecule has 44 heavy (non-hydrogen) atoms. The highest BCUT2D eigenvalue weighted by Gasteiger charge is 2.35. The first kappa shape index (κ1) is 34.3. The number of hydrogen-bond acceptors (Lipinski definition) is 7. The van der Waals surface area contributed by atoms with E-state index >= 15 is 0 Å². The summed E-state index contributed by atoms with van der Waals surface area (Å²) in [6.45, 7) is 5.34. The van der Waals surface area contributed by atoms with Crippen LogP contribution in [0, 0.1) is 22.9 Å². The Morgan fingerprint density at radius 2 is 1.80 bits per heavy atom. The molecule has 0 heterocycles. The van der Waals surface area contributed by atoms with E-state index in [1.54, 1.807) is 13.0 Å². The van der Waals surface area contributed by atoms with Crippen LogP contribution in [0.15, 0.2) is 65.6 Å². The third-order valence-electron chi connectivity index (χ3n) is 7.12. The number of carbonyl (C=O) groups excluding carboxylic acids is 2. The second-order valence-electron chi connectivity index (χ2n) is 10.1. The van der Waals surface area contributed by atoms with E-state index in [2.05, 4.69) is 5.32 Å². The predicted octanol–water partition coefficient (Wildman–Crippen LogP) is 5.23. The summed E-state index contributed by atoms with van der Waals surface area (Å²) in [6, 6.07) is 11.9. The van der Waals surface area contributed by atoms with Crippen molar-refractivity contribution >= 4 is 44.8 Å². The van der Waals surface area contributed by atoms with Crippen molar-refractivity contribution in [1.82, 2.24) is 10.2 Å². The van der Waals surface area contributed by atoms with Crippen LogP contribution in [0.25, 0.3) is 0 Å². The molecular weight excluding hydrogens is 615 g/mol. The van der Waals surface area contributed by atoms with E-state index < -0.39 is 55.7 Å². The van der Waals surface area contributed by atoms with Gasteiger partial charge in [-0.15, -0.1) is 0 Å². The third-order valence-corrected chi connectivity index (χ3v) is 9.11. The standard InChI is InChI=1S/C30H34ClFN4O7S/c1-6-20(3)33-30(38)21(4)34(17-22-9-7-8-10-25(22)32)29(37)18-35(27-15-23(31)12-14-28(27)43-5)44(41,42)24-13-11-19(2)26(16-24)36(39)40/h7-16,20-21H,6,17-18H2,1-5H3,(H,33,38)/t20-,21+/m1/s1. The summed E-state index contributed by atoms with van der Waals surface area (Å²) >= 11 is 6.22. The van der Waals surface area contributed by atoms with E-state index in [0.717, 1.165) is 11.0 Å². The number of benzene rings is 3. The molecule has 0 fully saturated rings. The largest absolute Gasteiger partial charge is 0.495 e. The molecule has 3 aromatic rings. The van der Waals surface area contributed by atoms with Crippen LogP contribution in [-0.4, -0.2) is 55.8 Å². The summed E-state index contributed by atoms with van der Waals surface area (Å²) in [4.78, 5) is 38.7. The Kier molecular flexibility index (Phi) is 11.3. The molecule has 0 spiro atoms. The van der Waals surface area contributed by atoms with Gasteiger partial charge in [0.15, 0.2) is 0 Å². The number of nitro benzene ring substituents is 1. The number of methoxy groups -OCH3 is 1. The zero-order chi connectivity index (χ0) is 32.8. The van der Waals surface area contributed by atoms with Gasteiger partial charge < -0.3 is 15.0 Å². The number of halogens is 2. The van der Waals surface area contributed by atoms with Crippen molar-refractivity contribution in [2.45, 2.75) is 57.6 Å². The van der Waals surface area contributed by atoms with E-state index in [1.165, 1.54) is 69.5 Å². The van der Waals surface area contributed by atoms with Gasteiger partial charge in [-0.2, -0.15) is 0 Å². The van der Waals surface area contributed by atoms with Gasteiger partial charge in [0.1, 0.15) is 24.2 Å². The monoisotopic (exact) mass is 648 g/mol. The molecule has 0 saturated heterocycles. The Hall–Kier alpha value is -4.23. The van der Waals surface area contributed by atoms with E-state index in [9.17, 15) is 32.5 Å². The smallest absolute Gasteiger partial charge is 0.273 e. The summed E-state index contributed by atoms with van der Waals surface area (Å²) < 4.78 is 49.1. The molecular formula is C30H34ClFN4O7S. The first-order valence-corrected chi connectivity index (χ1v) is 15.5. The molecule has 2 amide bonds. The molecule has 3 aromatic carbocycles. The van der Waals surface area contributed by atoms with Crippen LogP contribution >= 0.6 is 11.6 Å². The second-order valence-corrected chi connectivity index (χ2v) is 12.4. The van der Waals surface area contributed by atoms with E-state index in [1.807, 2.05) is 6.92 Å². The van der Waals surface area contributed by atoms with Crippen molar-refractivity contribution in [2.75, 3.05) is 18.0 Å². The minimum absolute atomic E-state index is 0.0376. The van der Waals surface area contributed by atoms with Gasteiger partial charge in [-0.25, -0.2) is 12.8 Å². The molecule has 0 radical (unpaired) electrons. The molecule has 3 rings (SSSR count). The summed E-state index contributed by atoms with van der Waals surface area (Å²) in [6.07, 6.45) is 0.614. The van der Waals surface area contributed by atoms with Crippen molar-refractivity contribution in [2.24, 2.45) is 0 Å². The number of ether oxygens (including phenoxy) is 1. The molecule has 11 nitrogen and oxygen atoms in total. The highest BCUT2D eigenvalue weighted by Crippen LogP contribution is 2.36. The lowest BCUT2D eigenvalue weighted by atomic mass is 10.1. The average Bonchev–Trinajstić information content (AvgIpc) is 2.98. The summed E-state index contributed by atoms with van der Waals surface area (Å²) in [5, 5.41) is 14.5. The van der Waals surface area contributed by atoms with Gasteiger partial charge in [-0.3, -0.25) is 24.0 Å². The van der Waals surface area contributed by atoms with Gasteiger partial charge in [0.2, 0.25) is 11.8 Å². The minimum atomic E-state index is -4.69. The molecule has 2 atom stereocenters. The van der Waals surface area contributed by atoms with Gasteiger partial charge in [0.05, 0.1) is 22.6 Å². The van der Waals surface area contributed by atoms with E-state index in [-0.39, 0.29) is 40.2 Å². The average molecular weight is 649 g/mol. The van der Waals surface area contributed by atoms with E-state index in [0.29, 0.717) is 10.7 Å². The van der Waals surface area contributed by atoms with Crippen LogP contribution in [0.5, 0.6) is 5.75 Å². The molecule has 0 bridgehead atoms. The highest BCUT2D eigenvalue weighted by molar-refractivity contribution is 7.92. The maximum atomic E-state index is 14.7. The SMILES string of the molecule is CC[C@@H](C)NC(=O)[C@H](C)N(Cc1ccccc1F)C(=O)CN(c1cc(Cl)ccc1OC)S(=O)(=O)c1ccc(C)c([N+](=O)[O-])c1. The van der Waals surface area contributed by atoms with Crippen LogP contribution in [0.3, 0.4) is 0 Å². The van der Waals surface area contributed by atoms with Crippen LogP contribution in [0.4, 0.5) is 15.8 Å². The number of nitro groups is 1. The van der Waals surface area contributed by atoms with Crippen molar-refractivity contribution in [1.29, 1.82) is 0 Å². The van der Waals surface area contributed by atoms with Gasteiger partial charge in [0.25, 0.3) is 15.7 Å². The maximum absolute atomic E-state index is 14.7. The topological polar surface area (TPSA) is 139 Å². The lowest BCUT2D eigenvalue weighted by Gasteiger charge is -2.33. The molecule has 0 unspecified atom stereocenters. The molecule has 1 N–H and O–H groups in total. The fourth-order valence-electron chi connectivity index (χ4n) is 4.30. The molecule has 0 aliphatic rings.